The summed E-state index contributed by atoms with van der Waals surface area (Å²) < 4.78 is 13.0. The number of phenolic OH excluding ortho intramolecular Hbond substituents is 1. The summed E-state index contributed by atoms with van der Waals surface area (Å²) in [7, 11) is 0. The number of hydrogen-bond acceptors (Lipinski definition) is 1. The van der Waals surface area contributed by atoms with E-state index in [1.165, 1.54) is 6.07 Å². The molecule has 0 amide bonds. The zero-order valence-corrected chi connectivity index (χ0v) is 7.56. The van der Waals surface area contributed by atoms with Crippen molar-refractivity contribution >= 4 is 0 Å². The highest BCUT2D eigenvalue weighted by Gasteiger charge is 2.10. The number of halogens is 1. The summed E-state index contributed by atoms with van der Waals surface area (Å²) >= 11 is 0. The molecule has 0 aliphatic carbocycles. The molecule has 66 valence electrons. The lowest BCUT2D eigenvalue weighted by atomic mass is 10.00. The highest BCUT2D eigenvalue weighted by Crippen LogP contribution is 2.28. The lowest BCUT2D eigenvalue weighted by Gasteiger charge is -2.09. The fraction of sp³-hybridized carbons (Fsp3) is 0.400. The van der Waals surface area contributed by atoms with E-state index in [1.807, 2.05) is 26.8 Å². The van der Waals surface area contributed by atoms with Crippen molar-refractivity contribution in [1.29, 1.82) is 0 Å². The van der Waals surface area contributed by atoms with E-state index in [0.29, 0.717) is 5.56 Å². The van der Waals surface area contributed by atoms with Crippen LogP contribution in [0.15, 0.2) is 12.1 Å². The largest absolute Gasteiger partial charge is 0.505 e. The molecule has 0 saturated heterocycles. The van der Waals surface area contributed by atoms with E-state index in [1.54, 1.807) is 0 Å². The summed E-state index contributed by atoms with van der Waals surface area (Å²) in [6.07, 6.45) is 0. The van der Waals surface area contributed by atoms with Gasteiger partial charge in [0, 0.05) is 0 Å². The van der Waals surface area contributed by atoms with E-state index in [-0.39, 0.29) is 11.7 Å². The number of phenols is 1. The van der Waals surface area contributed by atoms with Crippen LogP contribution in [-0.4, -0.2) is 5.11 Å². The van der Waals surface area contributed by atoms with Crippen LogP contribution in [0.2, 0.25) is 0 Å². The third-order valence-electron chi connectivity index (χ3n) is 1.86. The normalized spacial score (nSPS) is 10.8. The molecule has 0 aliphatic heterocycles. The van der Waals surface area contributed by atoms with Crippen LogP contribution >= 0.6 is 0 Å². The van der Waals surface area contributed by atoms with Gasteiger partial charge in [-0.05, 0) is 30.0 Å². The highest BCUT2D eigenvalue weighted by molar-refractivity contribution is 5.39. The topological polar surface area (TPSA) is 20.2 Å². The molecule has 0 aromatic heterocycles. The summed E-state index contributed by atoms with van der Waals surface area (Å²) in [4.78, 5) is 0. The first kappa shape index (κ1) is 9.04. The SMILES string of the molecule is Cc1cc(F)c(O)c(C(C)C)c1. The Bertz CT molecular complexity index is 292. The Hall–Kier alpha value is -1.05. The van der Waals surface area contributed by atoms with Gasteiger partial charge >= 0.3 is 0 Å². The van der Waals surface area contributed by atoms with Crippen LogP contribution in [0.1, 0.15) is 30.9 Å². The standard InChI is InChI=1S/C10H13FO/c1-6(2)8-4-7(3)5-9(11)10(8)12/h4-6,12H,1-3H3. The quantitative estimate of drug-likeness (QED) is 0.683. The minimum Gasteiger partial charge on any atom is -0.505 e. The van der Waals surface area contributed by atoms with Gasteiger partial charge in [-0.15, -0.1) is 0 Å². The number of aromatic hydroxyl groups is 1. The molecular formula is C10H13FO. The Morgan fingerprint density at radius 1 is 1.33 bits per heavy atom. The van der Waals surface area contributed by atoms with E-state index in [4.69, 9.17) is 0 Å². The fourth-order valence-corrected chi connectivity index (χ4v) is 1.20. The van der Waals surface area contributed by atoms with Crippen molar-refractivity contribution in [2.45, 2.75) is 26.7 Å². The van der Waals surface area contributed by atoms with Crippen molar-refractivity contribution in [3.05, 3.63) is 29.1 Å². The fourth-order valence-electron chi connectivity index (χ4n) is 1.20. The van der Waals surface area contributed by atoms with Gasteiger partial charge in [0.05, 0.1) is 0 Å². The van der Waals surface area contributed by atoms with E-state index >= 15 is 0 Å². The van der Waals surface area contributed by atoms with E-state index in [9.17, 15) is 9.50 Å². The molecule has 1 aromatic rings. The molecule has 0 bridgehead atoms. The molecule has 0 atom stereocenters. The zero-order valence-electron chi connectivity index (χ0n) is 7.56. The molecular weight excluding hydrogens is 155 g/mol. The average molecular weight is 168 g/mol. The Morgan fingerprint density at radius 3 is 2.42 bits per heavy atom. The Labute approximate surface area is 71.9 Å². The average Bonchev–Trinajstić information content (AvgIpc) is 1.96. The van der Waals surface area contributed by atoms with E-state index in [0.717, 1.165) is 5.56 Å². The summed E-state index contributed by atoms with van der Waals surface area (Å²) in [5.74, 6) is -0.589. The number of rotatable bonds is 1. The van der Waals surface area contributed by atoms with E-state index < -0.39 is 5.82 Å². The molecule has 1 N–H and O–H groups in total. The first-order valence-electron chi connectivity index (χ1n) is 4.01. The van der Waals surface area contributed by atoms with Gasteiger partial charge in [0.15, 0.2) is 11.6 Å². The van der Waals surface area contributed by atoms with Gasteiger partial charge < -0.3 is 5.11 Å². The summed E-state index contributed by atoms with van der Waals surface area (Å²) in [5.41, 5.74) is 1.52. The first-order chi connectivity index (χ1) is 5.52. The van der Waals surface area contributed by atoms with Crippen molar-refractivity contribution in [2.75, 3.05) is 0 Å². The number of aryl methyl sites for hydroxylation is 1. The minimum absolute atomic E-state index is 0.152. The smallest absolute Gasteiger partial charge is 0.165 e. The maximum Gasteiger partial charge on any atom is 0.165 e. The molecule has 1 rings (SSSR count). The van der Waals surface area contributed by atoms with Crippen LogP contribution in [-0.2, 0) is 0 Å². The minimum atomic E-state index is -0.529. The highest BCUT2D eigenvalue weighted by atomic mass is 19.1. The van der Waals surface area contributed by atoms with Crippen LogP contribution in [0.25, 0.3) is 0 Å². The molecule has 0 aliphatic rings. The Balaban J connectivity index is 3.28. The van der Waals surface area contributed by atoms with Crippen molar-refractivity contribution in [2.24, 2.45) is 0 Å². The monoisotopic (exact) mass is 168 g/mol. The third-order valence-corrected chi connectivity index (χ3v) is 1.86. The van der Waals surface area contributed by atoms with Crippen molar-refractivity contribution in [1.82, 2.24) is 0 Å². The molecule has 1 aromatic carbocycles. The Morgan fingerprint density at radius 2 is 1.92 bits per heavy atom. The zero-order chi connectivity index (χ0) is 9.30. The van der Waals surface area contributed by atoms with Crippen LogP contribution in [0.5, 0.6) is 5.75 Å². The molecule has 0 unspecified atom stereocenters. The lowest BCUT2D eigenvalue weighted by molar-refractivity contribution is 0.422. The predicted molar refractivity (Wildman–Crippen MR) is 46.9 cm³/mol. The van der Waals surface area contributed by atoms with E-state index in [2.05, 4.69) is 0 Å². The lowest BCUT2D eigenvalue weighted by Crippen LogP contribution is -1.92. The van der Waals surface area contributed by atoms with Crippen LogP contribution < -0.4 is 0 Å². The predicted octanol–water partition coefficient (Wildman–Crippen LogP) is 2.96. The Kier molecular flexibility index (Phi) is 2.36. The van der Waals surface area contributed by atoms with Crippen molar-refractivity contribution in [3.63, 3.8) is 0 Å². The summed E-state index contributed by atoms with van der Waals surface area (Å²) in [5, 5.41) is 9.32. The van der Waals surface area contributed by atoms with Crippen LogP contribution in [0.3, 0.4) is 0 Å². The van der Waals surface area contributed by atoms with Gasteiger partial charge in [-0.25, -0.2) is 4.39 Å². The summed E-state index contributed by atoms with van der Waals surface area (Å²) in [6.45, 7) is 5.66. The molecule has 0 spiro atoms. The van der Waals surface area contributed by atoms with Crippen LogP contribution in [0, 0.1) is 12.7 Å². The van der Waals surface area contributed by atoms with Crippen LogP contribution in [0.4, 0.5) is 4.39 Å². The molecule has 0 fully saturated rings. The maximum absolute atomic E-state index is 13.0. The molecule has 1 nitrogen and oxygen atoms in total. The number of benzene rings is 1. The van der Waals surface area contributed by atoms with Crippen molar-refractivity contribution < 1.29 is 9.50 Å². The second kappa shape index (κ2) is 3.13. The van der Waals surface area contributed by atoms with Gasteiger partial charge in [0.2, 0.25) is 0 Å². The van der Waals surface area contributed by atoms with Gasteiger partial charge in [-0.3, -0.25) is 0 Å². The number of hydrogen-bond donors (Lipinski definition) is 1. The van der Waals surface area contributed by atoms with Gasteiger partial charge in [-0.1, -0.05) is 19.9 Å². The molecule has 0 heterocycles. The maximum atomic E-state index is 13.0. The molecule has 12 heavy (non-hydrogen) atoms. The molecule has 0 radical (unpaired) electrons. The first-order valence-corrected chi connectivity index (χ1v) is 4.01. The summed E-state index contributed by atoms with van der Waals surface area (Å²) in [6, 6.07) is 3.14. The second-order valence-corrected chi connectivity index (χ2v) is 3.34. The van der Waals surface area contributed by atoms with Gasteiger partial charge in [0.1, 0.15) is 0 Å². The van der Waals surface area contributed by atoms with Gasteiger partial charge in [-0.2, -0.15) is 0 Å². The van der Waals surface area contributed by atoms with Crippen molar-refractivity contribution in [3.8, 4) is 5.75 Å². The molecule has 0 saturated carbocycles. The molecule has 2 heteroatoms. The second-order valence-electron chi connectivity index (χ2n) is 3.34. The van der Waals surface area contributed by atoms with Gasteiger partial charge in [0.25, 0.3) is 0 Å². The third kappa shape index (κ3) is 1.58.